The van der Waals surface area contributed by atoms with Crippen molar-refractivity contribution in [3.63, 3.8) is 0 Å². The third-order valence-corrected chi connectivity index (χ3v) is 2.39. The van der Waals surface area contributed by atoms with Gasteiger partial charge in [-0.1, -0.05) is 47.6 Å². The molecule has 0 aromatic rings. The van der Waals surface area contributed by atoms with Crippen molar-refractivity contribution in [3.8, 4) is 0 Å². The smallest absolute Gasteiger partial charge is 0.0557 e. The van der Waals surface area contributed by atoms with E-state index in [-0.39, 0.29) is 10.8 Å². The van der Waals surface area contributed by atoms with Gasteiger partial charge in [0.15, 0.2) is 0 Å². The average molecular weight is 203 g/mol. The molecule has 0 N–H and O–H groups in total. The molecule has 0 aliphatic carbocycles. The molecule has 0 saturated carbocycles. The summed E-state index contributed by atoms with van der Waals surface area (Å²) in [6.45, 7) is 13.0. The summed E-state index contributed by atoms with van der Waals surface area (Å²) in [7, 11) is 0. The van der Waals surface area contributed by atoms with Crippen LogP contribution in [0.25, 0.3) is 0 Å². The van der Waals surface area contributed by atoms with Gasteiger partial charge in [0.25, 0.3) is 0 Å². The third-order valence-electron chi connectivity index (χ3n) is 2.39. The lowest BCUT2D eigenvalue weighted by Crippen LogP contribution is -2.08. The van der Waals surface area contributed by atoms with Gasteiger partial charge in [-0.3, -0.25) is 0 Å². The Balaban J connectivity index is 3.11. The fourth-order valence-electron chi connectivity index (χ4n) is 1.27. The Hall–Kier alpha value is -1.07. The number of hydrogen-bond donors (Lipinski definition) is 0. The molecule has 1 heterocycles. The minimum absolute atomic E-state index is 0.0880. The van der Waals surface area contributed by atoms with E-state index in [0.29, 0.717) is 0 Å². The molecule has 0 unspecified atom stereocenters. The molecule has 15 heavy (non-hydrogen) atoms. The first-order valence-electron chi connectivity index (χ1n) is 5.44. The van der Waals surface area contributed by atoms with Gasteiger partial charge in [-0.15, -0.1) is 0 Å². The zero-order chi connectivity index (χ0) is 11.7. The van der Waals surface area contributed by atoms with Crippen LogP contribution in [0.4, 0.5) is 0 Å². The van der Waals surface area contributed by atoms with Crippen molar-refractivity contribution in [3.05, 3.63) is 29.5 Å². The number of allylic oxidation sites excluding steroid dienone is 5. The minimum atomic E-state index is 0.0880. The topological polar surface area (TPSA) is 12.4 Å². The summed E-state index contributed by atoms with van der Waals surface area (Å²) < 4.78 is 0. The molecule has 0 atom stereocenters. The fourth-order valence-corrected chi connectivity index (χ4v) is 1.27. The number of aliphatic imine (C=N–C) groups is 1. The second kappa shape index (κ2) is 3.83. The van der Waals surface area contributed by atoms with Crippen molar-refractivity contribution < 1.29 is 0 Å². The van der Waals surface area contributed by atoms with Crippen LogP contribution in [0.2, 0.25) is 0 Å². The molecule has 1 nitrogen and oxygen atoms in total. The molecule has 1 aliphatic heterocycles. The van der Waals surface area contributed by atoms with Crippen LogP contribution in [0.5, 0.6) is 0 Å². The van der Waals surface area contributed by atoms with Crippen molar-refractivity contribution in [2.75, 3.05) is 0 Å². The molecule has 1 aliphatic rings. The van der Waals surface area contributed by atoms with Crippen LogP contribution in [0, 0.1) is 10.8 Å². The predicted molar refractivity (Wildman–Crippen MR) is 67.1 cm³/mol. The van der Waals surface area contributed by atoms with Crippen LogP contribution in [-0.2, 0) is 0 Å². The zero-order valence-electron chi connectivity index (χ0n) is 10.7. The van der Waals surface area contributed by atoms with Gasteiger partial charge in [0.05, 0.1) is 5.70 Å². The van der Waals surface area contributed by atoms with Crippen LogP contribution in [0.1, 0.15) is 41.5 Å². The van der Waals surface area contributed by atoms with E-state index in [2.05, 4.69) is 70.6 Å². The standard InChI is InChI=1S/C14H21N/c1-13(2,3)11-8-7-9-12(15-10-11)14(4,5)6/h7-9H,1-6H3. The van der Waals surface area contributed by atoms with Crippen molar-refractivity contribution in [1.82, 2.24) is 0 Å². The summed E-state index contributed by atoms with van der Waals surface area (Å²) in [6, 6.07) is 0. The molecule has 0 radical (unpaired) electrons. The molecule has 82 valence electrons. The van der Waals surface area contributed by atoms with E-state index in [1.807, 2.05) is 0 Å². The summed E-state index contributed by atoms with van der Waals surface area (Å²) in [4.78, 5) is 4.45. The number of rotatable bonds is 0. The van der Waals surface area contributed by atoms with E-state index in [0.717, 1.165) is 11.3 Å². The van der Waals surface area contributed by atoms with E-state index >= 15 is 0 Å². The molecule has 0 fully saturated rings. The second-order valence-electron chi connectivity index (χ2n) is 6.05. The largest absolute Gasteiger partial charge is 0.210 e. The van der Waals surface area contributed by atoms with Crippen molar-refractivity contribution >= 4 is 5.87 Å². The van der Waals surface area contributed by atoms with Crippen molar-refractivity contribution in [1.29, 1.82) is 0 Å². The minimum Gasteiger partial charge on any atom is -0.210 e. The third kappa shape index (κ3) is 3.21. The Morgan fingerprint density at radius 1 is 1.00 bits per heavy atom. The SMILES string of the molecule is CC(C)(C)C1=C=NC(C(C)(C)C)=CC=C1. The summed E-state index contributed by atoms with van der Waals surface area (Å²) in [5, 5.41) is 0. The van der Waals surface area contributed by atoms with E-state index in [1.165, 1.54) is 0 Å². The summed E-state index contributed by atoms with van der Waals surface area (Å²) >= 11 is 0. The Morgan fingerprint density at radius 3 is 2.07 bits per heavy atom. The van der Waals surface area contributed by atoms with E-state index in [9.17, 15) is 0 Å². The van der Waals surface area contributed by atoms with Gasteiger partial charge in [-0.2, -0.15) is 0 Å². The predicted octanol–water partition coefficient (Wildman–Crippen LogP) is 4.13. The zero-order valence-corrected chi connectivity index (χ0v) is 10.7. The van der Waals surface area contributed by atoms with Crippen LogP contribution >= 0.6 is 0 Å². The van der Waals surface area contributed by atoms with Crippen molar-refractivity contribution in [2.24, 2.45) is 15.8 Å². The van der Waals surface area contributed by atoms with Gasteiger partial charge in [0, 0.05) is 11.0 Å². The summed E-state index contributed by atoms with van der Waals surface area (Å²) in [6.07, 6.45) is 6.25. The number of nitrogens with zero attached hydrogens (tertiary/aromatic N) is 1. The molecule has 0 saturated heterocycles. The quantitative estimate of drug-likeness (QED) is 0.561. The van der Waals surface area contributed by atoms with Gasteiger partial charge in [-0.05, 0) is 23.4 Å². The van der Waals surface area contributed by atoms with Crippen molar-refractivity contribution in [2.45, 2.75) is 41.5 Å². The first-order chi connectivity index (χ1) is 6.71. The molecule has 0 amide bonds. The lowest BCUT2D eigenvalue weighted by molar-refractivity contribution is 0.499. The number of hydrogen-bond acceptors (Lipinski definition) is 1. The van der Waals surface area contributed by atoms with Crippen LogP contribution < -0.4 is 0 Å². The maximum atomic E-state index is 4.45. The van der Waals surface area contributed by atoms with Gasteiger partial charge in [0.2, 0.25) is 0 Å². The molecule has 0 aromatic heterocycles. The van der Waals surface area contributed by atoms with Crippen LogP contribution in [0.15, 0.2) is 34.5 Å². The van der Waals surface area contributed by atoms with Gasteiger partial charge in [0.1, 0.15) is 0 Å². The second-order valence-corrected chi connectivity index (χ2v) is 6.05. The molecule has 0 bridgehead atoms. The molecule has 1 rings (SSSR count). The Labute approximate surface area is 93.3 Å². The highest BCUT2D eigenvalue weighted by atomic mass is 14.7. The molecule has 0 aromatic carbocycles. The highest BCUT2D eigenvalue weighted by Gasteiger charge is 2.19. The molecular formula is C14H21N. The maximum absolute atomic E-state index is 4.45. The average Bonchev–Trinajstić information content (AvgIpc) is 2.24. The van der Waals surface area contributed by atoms with E-state index in [1.54, 1.807) is 0 Å². The molecular weight excluding hydrogens is 182 g/mol. The summed E-state index contributed by atoms with van der Waals surface area (Å²) in [5.74, 6) is 3.16. The van der Waals surface area contributed by atoms with Gasteiger partial charge >= 0.3 is 0 Å². The molecule has 0 spiro atoms. The lowest BCUT2D eigenvalue weighted by Gasteiger charge is -2.18. The first kappa shape index (κ1) is 12.0. The van der Waals surface area contributed by atoms with E-state index in [4.69, 9.17) is 0 Å². The van der Waals surface area contributed by atoms with Gasteiger partial charge < -0.3 is 0 Å². The highest BCUT2D eigenvalue weighted by Crippen LogP contribution is 2.29. The highest BCUT2D eigenvalue weighted by molar-refractivity contribution is 5.66. The monoisotopic (exact) mass is 203 g/mol. The Bertz CT molecular complexity index is 361. The normalized spacial score (nSPS) is 17.2. The summed E-state index contributed by atoms with van der Waals surface area (Å²) in [5.41, 5.74) is 2.43. The fraction of sp³-hybridized carbons (Fsp3) is 0.571. The lowest BCUT2D eigenvalue weighted by atomic mass is 9.87. The van der Waals surface area contributed by atoms with Crippen LogP contribution in [0.3, 0.4) is 0 Å². The Morgan fingerprint density at radius 2 is 1.60 bits per heavy atom. The van der Waals surface area contributed by atoms with Crippen LogP contribution in [-0.4, -0.2) is 5.87 Å². The van der Waals surface area contributed by atoms with Gasteiger partial charge in [-0.25, -0.2) is 4.99 Å². The van der Waals surface area contributed by atoms with E-state index < -0.39 is 0 Å². The Kier molecular flexibility index (Phi) is 3.06. The maximum Gasteiger partial charge on any atom is 0.0557 e. The first-order valence-corrected chi connectivity index (χ1v) is 5.44. The molecule has 1 heteroatoms.